The van der Waals surface area contributed by atoms with E-state index in [4.69, 9.17) is 14.5 Å². The summed E-state index contributed by atoms with van der Waals surface area (Å²) in [7, 11) is 3.40. The molecule has 4 rings (SSSR count). The van der Waals surface area contributed by atoms with Crippen LogP contribution in [0.25, 0.3) is 21.1 Å². The van der Waals surface area contributed by atoms with Gasteiger partial charge >= 0.3 is 0 Å². The highest BCUT2D eigenvalue weighted by molar-refractivity contribution is 7.20. The molecule has 6 heteroatoms. The first-order chi connectivity index (χ1) is 13.6. The van der Waals surface area contributed by atoms with E-state index in [-0.39, 0.29) is 5.91 Å². The summed E-state index contributed by atoms with van der Waals surface area (Å²) in [5, 5.41) is 1.97. The van der Waals surface area contributed by atoms with E-state index in [0.717, 1.165) is 32.6 Å². The fourth-order valence-electron chi connectivity index (χ4n) is 3.12. The third kappa shape index (κ3) is 3.27. The van der Waals surface area contributed by atoms with E-state index in [0.29, 0.717) is 17.2 Å². The van der Waals surface area contributed by atoms with Gasteiger partial charge in [0.2, 0.25) is 0 Å². The van der Waals surface area contributed by atoms with Gasteiger partial charge in [-0.3, -0.25) is 4.79 Å². The number of para-hydroxylation sites is 2. The predicted octanol–water partition coefficient (Wildman–Crippen LogP) is 5.13. The number of benzene rings is 2. The Bertz CT molecular complexity index is 1170. The van der Waals surface area contributed by atoms with Crippen molar-refractivity contribution < 1.29 is 14.3 Å². The molecule has 4 aromatic rings. The van der Waals surface area contributed by atoms with Crippen LogP contribution in [0.1, 0.15) is 16.6 Å². The van der Waals surface area contributed by atoms with Gasteiger partial charge in [0.05, 0.1) is 29.8 Å². The lowest BCUT2D eigenvalue weighted by molar-refractivity contribution is 0.0996. The van der Waals surface area contributed by atoms with Crippen LogP contribution in [0.2, 0.25) is 0 Å². The van der Waals surface area contributed by atoms with Crippen molar-refractivity contribution in [1.82, 2.24) is 4.98 Å². The van der Waals surface area contributed by atoms with E-state index < -0.39 is 0 Å². The van der Waals surface area contributed by atoms with Crippen LogP contribution in [-0.4, -0.2) is 31.7 Å². The Labute approximate surface area is 167 Å². The van der Waals surface area contributed by atoms with Gasteiger partial charge in [0.25, 0.3) is 5.91 Å². The van der Waals surface area contributed by atoms with Gasteiger partial charge in [-0.15, -0.1) is 11.3 Å². The van der Waals surface area contributed by atoms with Crippen LogP contribution in [0.3, 0.4) is 0 Å². The lowest BCUT2D eigenvalue weighted by Gasteiger charge is -2.19. The maximum absolute atomic E-state index is 13.1. The number of methoxy groups -OCH3 is 1. The van der Waals surface area contributed by atoms with Crippen molar-refractivity contribution in [3.63, 3.8) is 0 Å². The molecule has 5 nitrogen and oxygen atoms in total. The van der Waals surface area contributed by atoms with Crippen molar-refractivity contribution in [2.24, 2.45) is 0 Å². The number of hydrogen-bond donors (Lipinski definition) is 0. The summed E-state index contributed by atoms with van der Waals surface area (Å²) in [5.74, 6) is 1.37. The number of amides is 1. The van der Waals surface area contributed by atoms with Gasteiger partial charge in [-0.1, -0.05) is 12.1 Å². The predicted molar refractivity (Wildman–Crippen MR) is 114 cm³/mol. The molecule has 0 N–H and O–H groups in total. The number of fused-ring (bicyclic) bond motifs is 2. The van der Waals surface area contributed by atoms with Gasteiger partial charge in [-0.25, -0.2) is 4.98 Å². The Morgan fingerprint density at radius 2 is 1.93 bits per heavy atom. The molecule has 28 heavy (non-hydrogen) atoms. The lowest BCUT2D eigenvalue weighted by atomic mass is 10.2. The van der Waals surface area contributed by atoms with Crippen molar-refractivity contribution in [3.8, 4) is 11.5 Å². The average molecular weight is 392 g/mol. The smallest absolute Gasteiger partial charge is 0.268 e. The monoisotopic (exact) mass is 392 g/mol. The summed E-state index contributed by atoms with van der Waals surface area (Å²) < 4.78 is 10.9. The summed E-state index contributed by atoms with van der Waals surface area (Å²) in [6.45, 7) is 2.47. The number of nitrogens with zero attached hydrogens (tertiary/aromatic N) is 2. The molecular formula is C22H20N2O3S. The Kier molecular flexibility index (Phi) is 4.88. The molecule has 0 fully saturated rings. The highest BCUT2D eigenvalue weighted by Crippen LogP contribution is 2.32. The number of hydrogen-bond acceptors (Lipinski definition) is 5. The Hall–Kier alpha value is -3.12. The molecule has 0 aliphatic carbocycles. The number of carbonyl (C=O) groups excluding carboxylic acids is 1. The number of pyridine rings is 1. The molecule has 0 atom stereocenters. The molecule has 0 aliphatic heterocycles. The SMILES string of the molecule is CCOc1ccccc1N(C)C(=O)c1cc2cc3ccc(OC)cc3nc2s1. The summed E-state index contributed by atoms with van der Waals surface area (Å²) in [4.78, 5) is 20.9. The van der Waals surface area contributed by atoms with Gasteiger partial charge < -0.3 is 14.4 Å². The van der Waals surface area contributed by atoms with E-state index >= 15 is 0 Å². The number of anilines is 1. The van der Waals surface area contributed by atoms with Crippen LogP contribution in [0.4, 0.5) is 5.69 Å². The highest BCUT2D eigenvalue weighted by Gasteiger charge is 2.20. The van der Waals surface area contributed by atoms with Gasteiger partial charge in [0.15, 0.2) is 0 Å². The molecule has 0 saturated heterocycles. The van der Waals surface area contributed by atoms with Crippen LogP contribution in [0, 0.1) is 0 Å². The molecule has 0 aliphatic rings. The van der Waals surface area contributed by atoms with Crippen molar-refractivity contribution in [3.05, 3.63) is 59.5 Å². The van der Waals surface area contributed by atoms with Crippen LogP contribution in [-0.2, 0) is 0 Å². The van der Waals surface area contributed by atoms with Crippen molar-refractivity contribution in [2.75, 3.05) is 25.7 Å². The van der Waals surface area contributed by atoms with Crippen LogP contribution >= 0.6 is 11.3 Å². The molecule has 0 spiro atoms. The minimum Gasteiger partial charge on any atom is -0.497 e. The first kappa shape index (κ1) is 18.3. The molecule has 2 heterocycles. The minimum absolute atomic E-state index is 0.0863. The van der Waals surface area contributed by atoms with Gasteiger partial charge in [-0.2, -0.15) is 0 Å². The number of ether oxygens (including phenoxy) is 2. The van der Waals surface area contributed by atoms with Gasteiger partial charge in [0.1, 0.15) is 16.3 Å². The number of carbonyl (C=O) groups is 1. The van der Waals surface area contributed by atoms with Gasteiger partial charge in [0, 0.05) is 23.9 Å². The topological polar surface area (TPSA) is 51.7 Å². The second-order valence-electron chi connectivity index (χ2n) is 6.32. The molecule has 2 aromatic carbocycles. The van der Waals surface area contributed by atoms with E-state index in [2.05, 4.69) is 6.07 Å². The van der Waals surface area contributed by atoms with Crippen molar-refractivity contribution in [1.29, 1.82) is 0 Å². The zero-order valence-corrected chi connectivity index (χ0v) is 16.7. The van der Waals surface area contributed by atoms with Crippen LogP contribution < -0.4 is 14.4 Å². The van der Waals surface area contributed by atoms with Crippen molar-refractivity contribution >= 4 is 44.1 Å². The minimum atomic E-state index is -0.0863. The maximum atomic E-state index is 13.1. The fourth-order valence-corrected chi connectivity index (χ4v) is 4.12. The number of rotatable bonds is 5. The summed E-state index contributed by atoms with van der Waals surface area (Å²) in [6.07, 6.45) is 0. The van der Waals surface area contributed by atoms with E-state index in [1.54, 1.807) is 19.1 Å². The molecular weight excluding hydrogens is 372 g/mol. The molecule has 0 bridgehead atoms. The highest BCUT2D eigenvalue weighted by atomic mass is 32.1. The van der Waals surface area contributed by atoms with Gasteiger partial charge in [-0.05, 0) is 43.3 Å². The normalized spacial score (nSPS) is 11.0. The first-order valence-corrected chi connectivity index (χ1v) is 9.80. The van der Waals surface area contributed by atoms with Crippen LogP contribution in [0.5, 0.6) is 11.5 Å². The summed E-state index contributed by atoms with van der Waals surface area (Å²) in [5.41, 5.74) is 1.59. The Balaban J connectivity index is 1.72. The summed E-state index contributed by atoms with van der Waals surface area (Å²) >= 11 is 1.39. The molecule has 142 valence electrons. The van der Waals surface area contributed by atoms with Crippen molar-refractivity contribution in [2.45, 2.75) is 6.92 Å². The fraction of sp³-hybridized carbons (Fsp3) is 0.182. The number of aromatic nitrogens is 1. The second kappa shape index (κ2) is 7.48. The molecule has 0 radical (unpaired) electrons. The zero-order valence-electron chi connectivity index (χ0n) is 15.9. The molecule has 1 amide bonds. The third-order valence-electron chi connectivity index (χ3n) is 4.55. The number of thiophene rings is 1. The first-order valence-electron chi connectivity index (χ1n) is 8.99. The Morgan fingerprint density at radius 1 is 1.11 bits per heavy atom. The largest absolute Gasteiger partial charge is 0.497 e. The standard InChI is InChI=1S/C22H20N2O3S/c1-4-27-19-8-6-5-7-18(19)24(2)22(25)20-12-15-11-14-9-10-16(26-3)13-17(14)23-21(15)28-20/h5-13H,4H2,1-3H3. The molecule has 2 aromatic heterocycles. The van der Waals surface area contributed by atoms with E-state index in [1.807, 2.05) is 55.5 Å². The van der Waals surface area contributed by atoms with E-state index in [1.165, 1.54) is 11.3 Å². The van der Waals surface area contributed by atoms with Crippen LogP contribution in [0.15, 0.2) is 54.6 Å². The lowest BCUT2D eigenvalue weighted by Crippen LogP contribution is -2.25. The summed E-state index contributed by atoms with van der Waals surface area (Å²) in [6, 6.07) is 17.3. The average Bonchev–Trinajstić information content (AvgIpc) is 3.14. The quantitative estimate of drug-likeness (QED) is 0.472. The third-order valence-corrected chi connectivity index (χ3v) is 5.59. The maximum Gasteiger partial charge on any atom is 0.268 e. The molecule has 0 saturated carbocycles. The second-order valence-corrected chi connectivity index (χ2v) is 7.35. The zero-order chi connectivity index (χ0) is 19.7. The Morgan fingerprint density at radius 3 is 2.71 bits per heavy atom. The van der Waals surface area contributed by atoms with E-state index in [9.17, 15) is 4.79 Å². The molecule has 0 unspecified atom stereocenters.